The van der Waals surface area contributed by atoms with Crippen LogP contribution < -0.4 is 0 Å². The molecule has 0 aliphatic carbocycles. The van der Waals surface area contributed by atoms with Crippen molar-refractivity contribution in [1.82, 2.24) is 0 Å². The Kier molecular flexibility index (Phi) is 4.88. The number of ether oxygens (including phenoxy) is 1. The van der Waals surface area contributed by atoms with Crippen LogP contribution in [0.4, 0.5) is 0 Å². The number of hydrogen-bond donors (Lipinski definition) is 0. The van der Waals surface area contributed by atoms with Crippen molar-refractivity contribution in [3.8, 4) is 0 Å². The summed E-state index contributed by atoms with van der Waals surface area (Å²) in [5.74, 6) is -0.258. The van der Waals surface area contributed by atoms with Crippen LogP contribution in [-0.4, -0.2) is 12.6 Å². The second-order valence-electron chi connectivity index (χ2n) is 2.66. The molecule has 0 fully saturated rings. The second kappa shape index (κ2) is 5.70. The predicted molar refractivity (Wildman–Crippen MR) is 67.7 cm³/mol. The monoisotopic (exact) mass is 368 g/mol. The van der Waals surface area contributed by atoms with Crippen LogP contribution in [0.3, 0.4) is 0 Å². The predicted octanol–water partition coefficient (Wildman–Crippen LogP) is 3.36. The molecule has 0 N–H and O–H groups in total. The maximum atomic E-state index is 11.4. The van der Waals surface area contributed by atoms with Gasteiger partial charge in [-0.15, -0.1) is 0 Å². The van der Waals surface area contributed by atoms with Crippen LogP contribution in [-0.2, 0) is 10.1 Å². The zero-order chi connectivity index (χ0) is 10.6. The van der Waals surface area contributed by atoms with Gasteiger partial charge in [0.2, 0.25) is 0 Å². The molecular weight excluding hydrogens is 359 g/mol. The number of rotatable bonds is 3. The van der Waals surface area contributed by atoms with Gasteiger partial charge in [-0.1, -0.05) is 15.9 Å². The van der Waals surface area contributed by atoms with Gasteiger partial charge in [0.1, 0.15) is 0 Å². The average molecular weight is 369 g/mol. The third-order valence-electron chi connectivity index (χ3n) is 1.70. The molecule has 0 aliphatic rings. The van der Waals surface area contributed by atoms with E-state index in [1.54, 1.807) is 13.0 Å². The number of esters is 1. The Hall–Kier alpha value is -0.100. The maximum Gasteiger partial charge on any atom is 0.338 e. The standard InChI is InChI=1S/C10H10BrIO2/c1-2-14-10(13)7-3-4-9(12)8(5-7)6-11/h3-5H,2,6H2,1H3. The second-order valence-corrected chi connectivity index (χ2v) is 4.38. The van der Waals surface area contributed by atoms with Crippen molar-refractivity contribution in [2.45, 2.75) is 12.3 Å². The van der Waals surface area contributed by atoms with Crippen molar-refractivity contribution in [3.63, 3.8) is 0 Å². The molecule has 0 radical (unpaired) electrons. The highest BCUT2D eigenvalue weighted by atomic mass is 127. The van der Waals surface area contributed by atoms with Gasteiger partial charge < -0.3 is 4.74 Å². The zero-order valence-corrected chi connectivity index (χ0v) is 11.5. The first-order chi connectivity index (χ1) is 6.69. The van der Waals surface area contributed by atoms with E-state index in [-0.39, 0.29) is 5.97 Å². The SMILES string of the molecule is CCOC(=O)c1ccc(I)c(CBr)c1. The van der Waals surface area contributed by atoms with E-state index in [4.69, 9.17) is 4.74 Å². The molecule has 14 heavy (non-hydrogen) atoms. The van der Waals surface area contributed by atoms with E-state index < -0.39 is 0 Å². The maximum absolute atomic E-state index is 11.4. The van der Waals surface area contributed by atoms with Gasteiger partial charge in [-0.25, -0.2) is 4.79 Å². The summed E-state index contributed by atoms with van der Waals surface area (Å²) >= 11 is 5.61. The summed E-state index contributed by atoms with van der Waals surface area (Å²) in [6, 6.07) is 5.56. The van der Waals surface area contributed by atoms with Crippen molar-refractivity contribution in [3.05, 3.63) is 32.9 Å². The van der Waals surface area contributed by atoms with Gasteiger partial charge in [-0.05, 0) is 53.3 Å². The minimum Gasteiger partial charge on any atom is -0.462 e. The molecule has 0 aromatic heterocycles. The highest BCUT2D eigenvalue weighted by Gasteiger charge is 2.08. The van der Waals surface area contributed by atoms with Gasteiger partial charge in [-0.3, -0.25) is 0 Å². The van der Waals surface area contributed by atoms with Gasteiger partial charge in [0, 0.05) is 8.90 Å². The lowest BCUT2D eigenvalue weighted by molar-refractivity contribution is 0.0526. The van der Waals surface area contributed by atoms with Crippen molar-refractivity contribution in [1.29, 1.82) is 0 Å². The minimum atomic E-state index is -0.258. The smallest absolute Gasteiger partial charge is 0.338 e. The molecule has 1 aromatic carbocycles. The number of benzene rings is 1. The highest BCUT2D eigenvalue weighted by Crippen LogP contribution is 2.17. The Morgan fingerprint density at radius 1 is 1.57 bits per heavy atom. The molecule has 0 amide bonds. The molecule has 0 saturated carbocycles. The zero-order valence-electron chi connectivity index (χ0n) is 7.72. The van der Waals surface area contributed by atoms with E-state index in [0.29, 0.717) is 12.2 Å². The van der Waals surface area contributed by atoms with Crippen LogP contribution in [0.15, 0.2) is 18.2 Å². The molecule has 0 spiro atoms. The van der Waals surface area contributed by atoms with Gasteiger partial charge >= 0.3 is 5.97 Å². The Bertz CT molecular complexity index is 339. The molecular formula is C10H10BrIO2. The normalized spacial score (nSPS) is 9.93. The van der Waals surface area contributed by atoms with Crippen LogP contribution in [0.2, 0.25) is 0 Å². The first-order valence-corrected chi connectivity index (χ1v) is 6.40. The van der Waals surface area contributed by atoms with Gasteiger partial charge in [-0.2, -0.15) is 0 Å². The first kappa shape index (κ1) is 12.0. The largest absolute Gasteiger partial charge is 0.462 e. The Morgan fingerprint density at radius 2 is 2.29 bits per heavy atom. The molecule has 0 bridgehead atoms. The lowest BCUT2D eigenvalue weighted by Crippen LogP contribution is -2.05. The van der Waals surface area contributed by atoms with Crippen LogP contribution in [0.5, 0.6) is 0 Å². The van der Waals surface area contributed by atoms with Gasteiger partial charge in [0.05, 0.1) is 12.2 Å². The van der Waals surface area contributed by atoms with E-state index in [2.05, 4.69) is 38.5 Å². The number of alkyl halides is 1. The number of carbonyl (C=O) groups is 1. The molecule has 2 nitrogen and oxygen atoms in total. The quantitative estimate of drug-likeness (QED) is 0.464. The summed E-state index contributed by atoms with van der Waals surface area (Å²) < 4.78 is 6.06. The third kappa shape index (κ3) is 2.95. The molecule has 0 heterocycles. The van der Waals surface area contributed by atoms with Crippen molar-refractivity contribution in [2.75, 3.05) is 6.61 Å². The van der Waals surface area contributed by atoms with Crippen molar-refractivity contribution >= 4 is 44.5 Å². The fraction of sp³-hybridized carbons (Fsp3) is 0.300. The van der Waals surface area contributed by atoms with E-state index in [9.17, 15) is 4.79 Å². The first-order valence-electron chi connectivity index (χ1n) is 4.20. The summed E-state index contributed by atoms with van der Waals surface area (Å²) in [7, 11) is 0. The van der Waals surface area contributed by atoms with Crippen LogP contribution in [0.1, 0.15) is 22.8 Å². The average Bonchev–Trinajstić information content (AvgIpc) is 2.19. The van der Waals surface area contributed by atoms with E-state index >= 15 is 0 Å². The topological polar surface area (TPSA) is 26.3 Å². The lowest BCUT2D eigenvalue weighted by atomic mass is 10.1. The molecule has 0 aliphatic heterocycles. The highest BCUT2D eigenvalue weighted by molar-refractivity contribution is 14.1. The van der Waals surface area contributed by atoms with Crippen LogP contribution in [0, 0.1) is 3.57 Å². The van der Waals surface area contributed by atoms with Crippen LogP contribution >= 0.6 is 38.5 Å². The van der Waals surface area contributed by atoms with E-state index in [1.807, 2.05) is 12.1 Å². The summed E-state index contributed by atoms with van der Waals surface area (Å²) in [6.07, 6.45) is 0. The summed E-state index contributed by atoms with van der Waals surface area (Å²) in [5, 5.41) is 0.749. The molecule has 0 unspecified atom stereocenters. The van der Waals surface area contributed by atoms with Crippen molar-refractivity contribution in [2.24, 2.45) is 0 Å². The Balaban J connectivity index is 2.94. The number of hydrogen-bond acceptors (Lipinski definition) is 2. The lowest BCUT2D eigenvalue weighted by Gasteiger charge is -2.04. The van der Waals surface area contributed by atoms with Crippen LogP contribution in [0.25, 0.3) is 0 Å². The Morgan fingerprint density at radius 3 is 2.86 bits per heavy atom. The summed E-state index contributed by atoms with van der Waals surface area (Å²) in [4.78, 5) is 11.4. The summed E-state index contributed by atoms with van der Waals surface area (Å²) in [6.45, 7) is 2.21. The molecule has 1 rings (SSSR count). The Labute approximate surface area is 105 Å². The van der Waals surface area contributed by atoms with E-state index in [0.717, 1.165) is 14.5 Å². The minimum absolute atomic E-state index is 0.258. The van der Waals surface area contributed by atoms with Crippen molar-refractivity contribution < 1.29 is 9.53 Å². The molecule has 76 valence electrons. The molecule has 0 saturated heterocycles. The number of halogens is 2. The fourth-order valence-electron chi connectivity index (χ4n) is 1.02. The van der Waals surface area contributed by atoms with Gasteiger partial charge in [0.15, 0.2) is 0 Å². The molecule has 1 aromatic rings. The van der Waals surface area contributed by atoms with E-state index in [1.165, 1.54) is 0 Å². The molecule has 4 heteroatoms. The molecule has 0 atom stereocenters. The summed E-state index contributed by atoms with van der Waals surface area (Å²) in [5.41, 5.74) is 1.72. The van der Waals surface area contributed by atoms with Gasteiger partial charge in [0.25, 0.3) is 0 Å². The third-order valence-corrected chi connectivity index (χ3v) is 3.36. The fourth-order valence-corrected chi connectivity index (χ4v) is 2.53. The number of carbonyl (C=O) groups excluding carboxylic acids is 1.